The summed E-state index contributed by atoms with van der Waals surface area (Å²) >= 11 is 0. The lowest BCUT2D eigenvalue weighted by atomic mass is 9.77. The van der Waals surface area contributed by atoms with Gasteiger partial charge >= 0.3 is 5.97 Å². The van der Waals surface area contributed by atoms with Crippen LogP contribution in [0, 0.1) is 5.41 Å². The highest BCUT2D eigenvalue weighted by Crippen LogP contribution is 2.34. The predicted octanol–water partition coefficient (Wildman–Crippen LogP) is 2.04. The molecule has 1 saturated heterocycles. The van der Waals surface area contributed by atoms with Crippen molar-refractivity contribution in [2.24, 2.45) is 5.41 Å². The molecule has 0 aliphatic carbocycles. The second kappa shape index (κ2) is 5.94. The molecule has 0 spiro atoms. The van der Waals surface area contributed by atoms with Crippen LogP contribution in [0.25, 0.3) is 0 Å². The summed E-state index contributed by atoms with van der Waals surface area (Å²) in [5, 5.41) is 12.6. The summed E-state index contributed by atoms with van der Waals surface area (Å²) in [6, 6.07) is 9.73. The van der Waals surface area contributed by atoms with Gasteiger partial charge in [-0.3, -0.25) is 10.1 Å². The molecule has 0 saturated carbocycles. The minimum atomic E-state index is -0.386. The summed E-state index contributed by atoms with van der Waals surface area (Å²) < 4.78 is 5.27. The molecular weight excluding hydrogens is 254 g/mol. The molecule has 0 amide bonds. The van der Waals surface area contributed by atoms with Gasteiger partial charge in [0.25, 0.3) is 0 Å². The SMILES string of the molecule is C[C@H](N[C@H]1C(=O)O[C@@H](CO)CC1(C)C)c1ccccc1. The first-order valence-electron chi connectivity index (χ1n) is 7.06. The van der Waals surface area contributed by atoms with Gasteiger partial charge in [-0.25, -0.2) is 0 Å². The summed E-state index contributed by atoms with van der Waals surface area (Å²) in [5.74, 6) is -0.275. The third kappa shape index (κ3) is 3.19. The van der Waals surface area contributed by atoms with Gasteiger partial charge in [0.2, 0.25) is 0 Å². The largest absolute Gasteiger partial charge is 0.459 e. The second-order valence-corrected chi connectivity index (χ2v) is 6.17. The maximum atomic E-state index is 12.2. The van der Waals surface area contributed by atoms with Crippen LogP contribution >= 0.6 is 0 Å². The van der Waals surface area contributed by atoms with Crippen molar-refractivity contribution >= 4 is 5.97 Å². The molecule has 1 fully saturated rings. The van der Waals surface area contributed by atoms with Crippen molar-refractivity contribution in [1.82, 2.24) is 5.32 Å². The Morgan fingerprint density at radius 3 is 2.60 bits per heavy atom. The Balaban J connectivity index is 2.10. The van der Waals surface area contributed by atoms with Crippen LogP contribution in [0.2, 0.25) is 0 Å². The molecule has 1 heterocycles. The number of benzene rings is 1. The van der Waals surface area contributed by atoms with Gasteiger partial charge in [0, 0.05) is 6.04 Å². The molecule has 1 aromatic rings. The zero-order valence-corrected chi connectivity index (χ0v) is 12.3. The van der Waals surface area contributed by atoms with E-state index >= 15 is 0 Å². The normalized spacial score (nSPS) is 26.9. The summed E-state index contributed by atoms with van der Waals surface area (Å²) in [7, 11) is 0. The lowest BCUT2D eigenvalue weighted by Gasteiger charge is -2.41. The Morgan fingerprint density at radius 2 is 2.05 bits per heavy atom. The molecule has 20 heavy (non-hydrogen) atoms. The third-order valence-electron chi connectivity index (χ3n) is 3.97. The lowest BCUT2D eigenvalue weighted by molar-refractivity contribution is -0.169. The Labute approximate surface area is 120 Å². The lowest BCUT2D eigenvalue weighted by Crippen LogP contribution is -2.55. The summed E-state index contributed by atoms with van der Waals surface area (Å²) in [6.07, 6.45) is 0.275. The highest BCUT2D eigenvalue weighted by molar-refractivity contribution is 5.78. The van der Waals surface area contributed by atoms with E-state index in [4.69, 9.17) is 4.74 Å². The molecule has 1 aliphatic rings. The standard InChI is InChI=1S/C16H23NO3/c1-11(12-7-5-4-6-8-12)17-14-15(19)20-13(10-18)9-16(14,2)3/h4-8,11,13-14,17-18H,9-10H2,1-3H3/t11-,13+,14-/m0/s1. The fourth-order valence-corrected chi connectivity index (χ4v) is 2.78. The maximum absolute atomic E-state index is 12.2. The monoisotopic (exact) mass is 277 g/mol. The van der Waals surface area contributed by atoms with E-state index < -0.39 is 0 Å². The number of carbonyl (C=O) groups excluding carboxylic acids is 1. The van der Waals surface area contributed by atoms with Crippen LogP contribution in [-0.2, 0) is 9.53 Å². The molecule has 1 aliphatic heterocycles. The zero-order chi connectivity index (χ0) is 14.8. The highest BCUT2D eigenvalue weighted by Gasteiger charge is 2.44. The summed E-state index contributed by atoms with van der Waals surface area (Å²) in [6.45, 7) is 5.99. The third-order valence-corrected chi connectivity index (χ3v) is 3.97. The molecule has 0 aromatic heterocycles. The van der Waals surface area contributed by atoms with Crippen LogP contribution in [0.3, 0.4) is 0 Å². The van der Waals surface area contributed by atoms with E-state index in [0.29, 0.717) is 6.42 Å². The second-order valence-electron chi connectivity index (χ2n) is 6.17. The van der Waals surface area contributed by atoms with Gasteiger partial charge in [-0.05, 0) is 24.3 Å². The summed E-state index contributed by atoms with van der Waals surface area (Å²) in [4.78, 5) is 12.2. The predicted molar refractivity (Wildman–Crippen MR) is 77.1 cm³/mol. The number of ether oxygens (including phenoxy) is 1. The van der Waals surface area contributed by atoms with E-state index in [0.717, 1.165) is 5.56 Å². The molecule has 2 rings (SSSR count). The van der Waals surface area contributed by atoms with Crippen molar-refractivity contribution < 1.29 is 14.6 Å². The van der Waals surface area contributed by atoms with E-state index in [2.05, 4.69) is 5.32 Å². The van der Waals surface area contributed by atoms with Gasteiger partial charge in [-0.1, -0.05) is 44.2 Å². The number of nitrogens with one attached hydrogen (secondary N) is 1. The van der Waals surface area contributed by atoms with Crippen molar-refractivity contribution in [2.75, 3.05) is 6.61 Å². The Kier molecular flexibility index (Phi) is 4.45. The fourth-order valence-electron chi connectivity index (χ4n) is 2.78. The fraction of sp³-hybridized carbons (Fsp3) is 0.562. The Morgan fingerprint density at radius 1 is 1.40 bits per heavy atom. The quantitative estimate of drug-likeness (QED) is 0.827. The Bertz CT molecular complexity index is 458. The van der Waals surface area contributed by atoms with Crippen LogP contribution in [0.5, 0.6) is 0 Å². The van der Waals surface area contributed by atoms with E-state index in [1.807, 2.05) is 51.1 Å². The van der Waals surface area contributed by atoms with Crippen LogP contribution in [0.1, 0.15) is 38.8 Å². The average Bonchev–Trinajstić information content (AvgIpc) is 2.43. The molecule has 3 atom stereocenters. The number of hydrogen-bond donors (Lipinski definition) is 2. The molecule has 4 heteroatoms. The van der Waals surface area contributed by atoms with Crippen LogP contribution in [-0.4, -0.2) is 29.8 Å². The Hall–Kier alpha value is -1.39. The molecule has 4 nitrogen and oxygen atoms in total. The van der Waals surface area contributed by atoms with Gasteiger partial charge < -0.3 is 9.84 Å². The van der Waals surface area contributed by atoms with Crippen LogP contribution in [0.4, 0.5) is 0 Å². The highest BCUT2D eigenvalue weighted by atomic mass is 16.6. The van der Waals surface area contributed by atoms with E-state index in [9.17, 15) is 9.90 Å². The number of carbonyl (C=O) groups is 1. The number of rotatable bonds is 4. The topological polar surface area (TPSA) is 58.6 Å². The van der Waals surface area contributed by atoms with Gasteiger partial charge in [0.05, 0.1) is 6.61 Å². The molecular formula is C16H23NO3. The first-order chi connectivity index (χ1) is 9.44. The average molecular weight is 277 g/mol. The van der Waals surface area contributed by atoms with Crippen molar-refractivity contribution in [3.8, 4) is 0 Å². The molecule has 110 valence electrons. The van der Waals surface area contributed by atoms with Crippen molar-refractivity contribution in [3.63, 3.8) is 0 Å². The first kappa shape index (κ1) is 15.0. The van der Waals surface area contributed by atoms with Crippen molar-refractivity contribution in [2.45, 2.75) is 45.4 Å². The summed E-state index contributed by atoms with van der Waals surface area (Å²) in [5.41, 5.74) is 0.895. The van der Waals surface area contributed by atoms with Gasteiger partial charge in [0.15, 0.2) is 0 Å². The number of aliphatic hydroxyl groups is 1. The molecule has 1 aromatic carbocycles. The minimum Gasteiger partial charge on any atom is -0.459 e. The van der Waals surface area contributed by atoms with E-state index in [-0.39, 0.29) is 36.2 Å². The van der Waals surface area contributed by atoms with Crippen LogP contribution < -0.4 is 5.32 Å². The van der Waals surface area contributed by atoms with Gasteiger partial charge in [0.1, 0.15) is 12.1 Å². The maximum Gasteiger partial charge on any atom is 0.324 e. The smallest absolute Gasteiger partial charge is 0.324 e. The van der Waals surface area contributed by atoms with Crippen molar-refractivity contribution in [3.05, 3.63) is 35.9 Å². The number of aliphatic hydroxyl groups excluding tert-OH is 1. The number of cyclic esters (lactones) is 1. The minimum absolute atomic E-state index is 0.0682. The molecule has 2 N–H and O–H groups in total. The zero-order valence-electron chi connectivity index (χ0n) is 12.3. The number of hydrogen-bond acceptors (Lipinski definition) is 4. The molecule has 0 bridgehead atoms. The van der Waals surface area contributed by atoms with E-state index in [1.165, 1.54) is 0 Å². The van der Waals surface area contributed by atoms with Crippen LogP contribution in [0.15, 0.2) is 30.3 Å². The number of esters is 1. The molecule has 0 radical (unpaired) electrons. The molecule has 0 unspecified atom stereocenters. The van der Waals surface area contributed by atoms with Gasteiger partial charge in [-0.2, -0.15) is 0 Å². The van der Waals surface area contributed by atoms with Gasteiger partial charge in [-0.15, -0.1) is 0 Å². The van der Waals surface area contributed by atoms with E-state index in [1.54, 1.807) is 0 Å². The van der Waals surface area contributed by atoms with Crippen molar-refractivity contribution in [1.29, 1.82) is 0 Å². The first-order valence-corrected chi connectivity index (χ1v) is 7.06.